The van der Waals surface area contributed by atoms with Crippen molar-refractivity contribution in [1.29, 1.82) is 0 Å². The number of hydrogen-bond donors (Lipinski definition) is 0. The van der Waals surface area contributed by atoms with Crippen molar-refractivity contribution >= 4 is 23.1 Å². The zero-order valence-electron chi connectivity index (χ0n) is 20.5. The van der Waals surface area contributed by atoms with Crippen LogP contribution in [0, 0.1) is 30.6 Å². The first-order valence-electron chi connectivity index (χ1n) is 12.2. The first kappa shape index (κ1) is 22.4. The van der Waals surface area contributed by atoms with Gasteiger partial charge in [0, 0.05) is 11.8 Å². The molecular weight excluding hydrogens is 450 g/mol. The number of aryl methyl sites for hydroxylation is 1. The summed E-state index contributed by atoms with van der Waals surface area (Å²) in [4.78, 5) is 29.0. The number of para-hydroxylation sites is 1. The van der Waals surface area contributed by atoms with E-state index in [0.29, 0.717) is 5.69 Å². The number of ether oxygens (including phenoxy) is 2. The fraction of sp³-hybridized carbons (Fsp3) is 0.226. The lowest BCUT2D eigenvalue weighted by molar-refractivity contribution is -0.122. The molecule has 2 aliphatic carbocycles. The first-order valence-corrected chi connectivity index (χ1v) is 12.2. The Balaban J connectivity index is 1.48. The Morgan fingerprint density at radius 3 is 1.61 bits per heavy atom. The molecular formula is C31H27NO4. The van der Waals surface area contributed by atoms with Gasteiger partial charge in [0.2, 0.25) is 11.8 Å². The Hall–Kier alpha value is -4.12. The second-order valence-electron chi connectivity index (χ2n) is 9.57. The summed E-state index contributed by atoms with van der Waals surface area (Å²) in [5, 5.41) is 0. The Bertz CT molecular complexity index is 1330. The van der Waals surface area contributed by atoms with E-state index >= 15 is 0 Å². The SMILES string of the molecule is COc1ccc(C(=C2[C@H]3C=C[C@H]2[C@H]2C(=O)N(c4ccccc4C)C(=O)[C@H]23)c2ccc(OC)cc2)cc1. The number of benzene rings is 3. The van der Waals surface area contributed by atoms with Crippen LogP contribution in [0.25, 0.3) is 5.57 Å². The van der Waals surface area contributed by atoms with Crippen molar-refractivity contribution in [1.82, 2.24) is 0 Å². The minimum atomic E-state index is -0.381. The smallest absolute Gasteiger partial charge is 0.238 e. The standard InChI is InChI=1S/C31H27NO4/c1-18-6-4-5-7-25(18)32-30(33)28-23-16-17-24(29(28)31(32)34)27(23)26(19-8-12-21(35-2)13-9-19)20-10-14-22(36-3)15-11-20/h4-17,23-24,28-29H,1-3H3/t23-,24-,28-,29+/m1/s1. The van der Waals surface area contributed by atoms with Crippen molar-refractivity contribution in [3.63, 3.8) is 0 Å². The highest BCUT2D eigenvalue weighted by molar-refractivity contribution is 6.23. The van der Waals surface area contributed by atoms with Gasteiger partial charge in [-0.1, -0.05) is 54.6 Å². The van der Waals surface area contributed by atoms with E-state index in [1.807, 2.05) is 79.7 Å². The van der Waals surface area contributed by atoms with E-state index < -0.39 is 0 Å². The molecule has 1 saturated heterocycles. The first-order chi connectivity index (χ1) is 17.5. The summed E-state index contributed by atoms with van der Waals surface area (Å²) in [6, 6.07) is 23.6. The third-order valence-corrected chi connectivity index (χ3v) is 7.82. The summed E-state index contributed by atoms with van der Waals surface area (Å²) in [6.45, 7) is 1.94. The van der Waals surface area contributed by atoms with E-state index in [1.54, 1.807) is 14.2 Å². The van der Waals surface area contributed by atoms with E-state index in [-0.39, 0.29) is 35.5 Å². The summed E-state index contributed by atoms with van der Waals surface area (Å²) in [5.41, 5.74) is 5.89. The summed E-state index contributed by atoms with van der Waals surface area (Å²) in [5.74, 6) is 0.356. The molecule has 3 aliphatic rings. The number of methoxy groups -OCH3 is 2. The topological polar surface area (TPSA) is 55.8 Å². The largest absolute Gasteiger partial charge is 0.497 e. The number of imide groups is 1. The number of carbonyl (C=O) groups excluding carboxylic acids is 2. The molecule has 2 amide bonds. The number of fused-ring (bicyclic) bond motifs is 5. The van der Waals surface area contributed by atoms with Crippen molar-refractivity contribution in [3.05, 3.63) is 107 Å². The van der Waals surface area contributed by atoms with Gasteiger partial charge >= 0.3 is 0 Å². The second kappa shape index (κ2) is 8.52. The van der Waals surface area contributed by atoms with Crippen LogP contribution in [-0.2, 0) is 9.59 Å². The molecule has 5 nitrogen and oxygen atoms in total. The van der Waals surface area contributed by atoms with Crippen LogP contribution in [0.4, 0.5) is 5.69 Å². The maximum atomic E-state index is 13.8. The molecule has 1 aliphatic heterocycles. The third kappa shape index (κ3) is 3.23. The van der Waals surface area contributed by atoms with Crippen molar-refractivity contribution in [3.8, 4) is 11.5 Å². The van der Waals surface area contributed by atoms with Gasteiger partial charge in [-0.15, -0.1) is 0 Å². The van der Waals surface area contributed by atoms with E-state index in [0.717, 1.165) is 39.3 Å². The average molecular weight is 478 g/mol. The molecule has 4 atom stereocenters. The number of allylic oxidation sites excluding steroid dienone is 3. The number of rotatable bonds is 5. The van der Waals surface area contributed by atoms with Gasteiger partial charge in [-0.25, -0.2) is 4.90 Å². The van der Waals surface area contributed by atoms with Crippen LogP contribution in [0.3, 0.4) is 0 Å². The van der Waals surface area contributed by atoms with E-state index in [1.165, 1.54) is 4.90 Å². The van der Waals surface area contributed by atoms with Gasteiger partial charge < -0.3 is 9.47 Å². The summed E-state index contributed by atoms with van der Waals surface area (Å²) >= 11 is 0. The molecule has 3 aromatic rings. The monoisotopic (exact) mass is 477 g/mol. The fourth-order valence-corrected chi connectivity index (χ4v) is 6.16. The van der Waals surface area contributed by atoms with Gasteiger partial charge in [-0.3, -0.25) is 9.59 Å². The number of hydrogen-bond acceptors (Lipinski definition) is 4. The molecule has 2 bridgehead atoms. The molecule has 0 unspecified atom stereocenters. The van der Waals surface area contributed by atoms with Gasteiger partial charge in [0.1, 0.15) is 11.5 Å². The third-order valence-electron chi connectivity index (χ3n) is 7.82. The highest BCUT2D eigenvalue weighted by Gasteiger charge is 2.62. The molecule has 1 heterocycles. The molecule has 3 aromatic carbocycles. The van der Waals surface area contributed by atoms with Gasteiger partial charge in [0.15, 0.2) is 0 Å². The molecule has 5 heteroatoms. The zero-order valence-corrected chi connectivity index (χ0v) is 20.5. The summed E-state index contributed by atoms with van der Waals surface area (Å²) in [6.07, 6.45) is 4.25. The van der Waals surface area contributed by atoms with E-state index in [9.17, 15) is 9.59 Å². The van der Waals surface area contributed by atoms with Crippen molar-refractivity contribution in [2.45, 2.75) is 6.92 Å². The highest BCUT2D eigenvalue weighted by atomic mass is 16.5. The van der Waals surface area contributed by atoms with Gasteiger partial charge in [0.25, 0.3) is 0 Å². The Kier molecular flexibility index (Phi) is 5.29. The lowest BCUT2D eigenvalue weighted by Gasteiger charge is -2.22. The van der Waals surface area contributed by atoms with Crippen molar-refractivity contribution in [2.24, 2.45) is 23.7 Å². The highest BCUT2D eigenvalue weighted by Crippen LogP contribution is 2.59. The van der Waals surface area contributed by atoms with Crippen molar-refractivity contribution in [2.75, 3.05) is 19.1 Å². The van der Waals surface area contributed by atoms with Crippen LogP contribution in [0.2, 0.25) is 0 Å². The van der Waals surface area contributed by atoms with Crippen LogP contribution in [0.15, 0.2) is 90.5 Å². The lowest BCUT2D eigenvalue weighted by atomic mass is 9.85. The van der Waals surface area contributed by atoms with Crippen molar-refractivity contribution < 1.29 is 19.1 Å². The van der Waals surface area contributed by atoms with Gasteiger partial charge in [0.05, 0.1) is 31.7 Å². The quantitative estimate of drug-likeness (QED) is 0.363. The molecule has 6 rings (SSSR count). The Morgan fingerprint density at radius 1 is 0.694 bits per heavy atom. The normalized spacial score (nSPS) is 23.9. The molecule has 0 radical (unpaired) electrons. The Labute approximate surface area is 210 Å². The number of amides is 2. The predicted octanol–water partition coefficient (Wildman–Crippen LogP) is 5.44. The van der Waals surface area contributed by atoms with Gasteiger partial charge in [-0.2, -0.15) is 0 Å². The minimum Gasteiger partial charge on any atom is -0.497 e. The molecule has 180 valence electrons. The maximum Gasteiger partial charge on any atom is 0.238 e. The molecule has 0 spiro atoms. The zero-order chi connectivity index (χ0) is 25.0. The van der Waals surface area contributed by atoms with E-state index in [4.69, 9.17) is 9.47 Å². The fourth-order valence-electron chi connectivity index (χ4n) is 6.16. The van der Waals surface area contributed by atoms with Crippen LogP contribution >= 0.6 is 0 Å². The summed E-state index contributed by atoms with van der Waals surface area (Å²) < 4.78 is 10.8. The molecule has 1 saturated carbocycles. The average Bonchev–Trinajstić information content (AvgIpc) is 3.54. The van der Waals surface area contributed by atoms with Crippen LogP contribution in [0.1, 0.15) is 16.7 Å². The van der Waals surface area contributed by atoms with Crippen LogP contribution < -0.4 is 14.4 Å². The second-order valence-corrected chi connectivity index (χ2v) is 9.57. The molecule has 2 fully saturated rings. The molecule has 0 N–H and O–H groups in total. The van der Waals surface area contributed by atoms with Crippen LogP contribution in [0.5, 0.6) is 11.5 Å². The molecule has 0 aromatic heterocycles. The Morgan fingerprint density at radius 2 is 1.17 bits per heavy atom. The lowest BCUT2D eigenvalue weighted by Crippen LogP contribution is -2.33. The van der Waals surface area contributed by atoms with E-state index in [2.05, 4.69) is 12.2 Å². The minimum absolute atomic E-state index is 0.0996. The number of nitrogens with zero attached hydrogens (tertiary/aromatic N) is 1. The number of carbonyl (C=O) groups is 2. The molecule has 36 heavy (non-hydrogen) atoms. The predicted molar refractivity (Wildman–Crippen MR) is 139 cm³/mol. The maximum absolute atomic E-state index is 13.8. The summed E-state index contributed by atoms with van der Waals surface area (Å²) in [7, 11) is 3.30. The van der Waals surface area contributed by atoms with Gasteiger partial charge in [-0.05, 0) is 65.1 Å². The van der Waals surface area contributed by atoms with Crippen LogP contribution in [-0.4, -0.2) is 26.0 Å². The number of anilines is 1.